The Bertz CT molecular complexity index is 488. The number of imidazole rings is 1. The third-order valence-electron chi connectivity index (χ3n) is 2.52. The maximum Gasteiger partial charge on any atom is 0.229 e. The topological polar surface area (TPSA) is 56.7 Å². The second-order valence-electron chi connectivity index (χ2n) is 3.93. The second kappa shape index (κ2) is 3.93. The summed E-state index contributed by atoms with van der Waals surface area (Å²) < 4.78 is 7.17. The van der Waals surface area contributed by atoms with Crippen molar-refractivity contribution in [3.63, 3.8) is 0 Å². The van der Waals surface area contributed by atoms with Crippen molar-refractivity contribution in [1.82, 2.24) is 19.7 Å². The van der Waals surface area contributed by atoms with Gasteiger partial charge in [-0.05, 0) is 12.8 Å². The molecule has 1 saturated carbocycles. The summed E-state index contributed by atoms with van der Waals surface area (Å²) >= 11 is 1.62. The molecule has 3 rings (SSSR count). The van der Waals surface area contributed by atoms with Crippen LogP contribution in [0.1, 0.15) is 30.5 Å². The minimum atomic E-state index is 0.527. The predicted octanol–water partition coefficient (Wildman–Crippen LogP) is 1.97. The SMILES string of the molecule is Cn1ccnc1SCc1noc(C2CC2)n1. The zero-order chi connectivity index (χ0) is 11.0. The van der Waals surface area contributed by atoms with E-state index in [9.17, 15) is 0 Å². The predicted molar refractivity (Wildman–Crippen MR) is 59.0 cm³/mol. The molecular weight excluding hydrogens is 224 g/mol. The van der Waals surface area contributed by atoms with Crippen LogP contribution in [0.15, 0.2) is 22.1 Å². The third-order valence-corrected chi connectivity index (χ3v) is 3.57. The van der Waals surface area contributed by atoms with Crippen LogP contribution < -0.4 is 0 Å². The number of aromatic nitrogens is 4. The van der Waals surface area contributed by atoms with Gasteiger partial charge in [0.2, 0.25) is 5.89 Å². The van der Waals surface area contributed by atoms with Gasteiger partial charge >= 0.3 is 0 Å². The molecule has 5 nitrogen and oxygen atoms in total. The fraction of sp³-hybridized carbons (Fsp3) is 0.500. The number of thioether (sulfide) groups is 1. The smallest absolute Gasteiger partial charge is 0.229 e. The molecule has 0 amide bonds. The van der Waals surface area contributed by atoms with Crippen molar-refractivity contribution in [2.24, 2.45) is 7.05 Å². The van der Waals surface area contributed by atoms with Crippen LogP contribution in [-0.4, -0.2) is 19.7 Å². The number of nitrogens with zero attached hydrogens (tertiary/aromatic N) is 4. The Morgan fingerprint density at radius 1 is 1.56 bits per heavy atom. The number of hydrogen-bond donors (Lipinski definition) is 0. The summed E-state index contributed by atoms with van der Waals surface area (Å²) in [6.07, 6.45) is 6.09. The maximum absolute atomic E-state index is 5.19. The molecule has 6 heteroatoms. The van der Waals surface area contributed by atoms with Gasteiger partial charge in [-0.3, -0.25) is 0 Å². The maximum atomic E-state index is 5.19. The Morgan fingerprint density at radius 3 is 3.12 bits per heavy atom. The number of hydrogen-bond acceptors (Lipinski definition) is 5. The molecule has 0 spiro atoms. The minimum Gasteiger partial charge on any atom is -0.339 e. The first-order valence-electron chi connectivity index (χ1n) is 5.25. The molecular formula is C10H12N4OS. The first-order chi connectivity index (χ1) is 7.83. The van der Waals surface area contributed by atoms with E-state index in [4.69, 9.17) is 4.52 Å². The zero-order valence-corrected chi connectivity index (χ0v) is 9.78. The molecule has 0 bridgehead atoms. The van der Waals surface area contributed by atoms with Crippen LogP contribution >= 0.6 is 11.8 Å². The van der Waals surface area contributed by atoms with Crippen molar-refractivity contribution in [1.29, 1.82) is 0 Å². The van der Waals surface area contributed by atoms with E-state index in [0.29, 0.717) is 11.7 Å². The monoisotopic (exact) mass is 236 g/mol. The summed E-state index contributed by atoms with van der Waals surface area (Å²) in [6.45, 7) is 0. The van der Waals surface area contributed by atoms with Crippen molar-refractivity contribution < 1.29 is 4.52 Å². The normalized spacial score (nSPS) is 15.6. The molecule has 84 valence electrons. The Morgan fingerprint density at radius 2 is 2.44 bits per heavy atom. The highest BCUT2D eigenvalue weighted by atomic mass is 32.2. The molecule has 1 aliphatic carbocycles. The molecule has 0 radical (unpaired) electrons. The largest absolute Gasteiger partial charge is 0.339 e. The highest BCUT2D eigenvalue weighted by molar-refractivity contribution is 7.98. The number of rotatable bonds is 4. The molecule has 16 heavy (non-hydrogen) atoms. The summed E-state index contributed by atoms with van der Waals surface area (Å²) in [4.78, 5) is 8.59. The second-order valence-corrected chi connectivity index (χ2v) is 4.88. The van der Waals surface area contributed by atoms with Gasteiger partial charge in [-0.1, -0.05) is 16.9 Å². The molecule has 0 atom stereocenters. The van der Waals surface area contributed by atoms with E-state index in [-0.39, 0.29) is 0 Å². The quantitative estimate of drug-likeness (QED) is 0.760. The van der Waals surface area contributed by atoms with Crippen molar-refractivity contribution >= 4 is 11.8 Å². The molecule has 0 N–H and O–H groups in total. The Hall–Kier alpha value is -1.30. The van der Waals surface area contributed by atoms with Gasteiger partial charge in [0.25, 0.3) is 0 Å². The van der Waals surface area contributed by atoms with Gasteiger partial charge in [0.1, 0.15) is 0 Å². The Balaban J connectivity index is 1.63. The average molecular weight is 236 g/mol. The van der Waals surface area contributed by atoms with Crippen LogP contribution in [-0.2, 0) is 12.8 Å². The summed E-state index contributed by atoms with van der Waals surface area (Å²) in [6, 6.07) is 0. The van der Waals surface area contributed by atoms with Gasteiger partial charge in [-0.15, -0.1) is 0 Å². The third kappa shape index (κ3) is 1.97. The zero-order valence-electron chi connectivity index (χ0n) is 8.96. The lowest BCUT2D eigenvalue weighted by Crippen LogP contribution is -1.91. The van der Waals surface area contributed by atoms with E-state index in [1.165, 1.54) is 12.8 Å². The van der Waals surface area contributed by atoms with Gasteiger partial charge in [0.15, 0.2) is 11.0 Å². The Kier molecular flexibility index (Phi) is 2.43. The highest BCUT2D eigenvalue weighted by Gasteiger charge is 2.29. The molecule has 0 aromatic carbocycles. The summed E-state index contributed by atoms with van der Waals surface area (Å²) in [5.41, 5.74) is 0. The Labute approximate surface area is 97.3 Å². The number of aryl methyl sites for hydroxylation is 1. The lowest BCUT2D eigenvalue weighted by atomic mass is 10.4. The van der Waals surface area contributed by atoms with E-state index in [0.717, 1.165) is 16.9 Å². The van der Waals surface area contributed by atoms with Crippen molar-refractivity contribution in [3.8, 4) is 0 Å². The molecule has 2 aromatic rings. The van der Waals surface area contributed by atoms with E-state index in [1.54, 1.807) is 18.0 Å². The lowest BCUT2D eigenvalue weighted by Gasteiger charge is -1.97. The van der Waals surface area contributed by atoms with Crippen molar-refractivity contribution in [2.45, 2.75) is 29.7 Å². The average Bonchev–Trinajstić information content (AvgIpc) is 2.89. The standard InChI is InChI=1S/C10H12N4OS/c1-14-5-4-11-10(14)16-6-8-12-9(15-13-8)7-2-3-7/h4-5,7H,2-3,6H2,1H3. The van der Waals surface area contributed by atoms with Crippen LogP contribution in [0, 0.1) is 0 Å². The van der Waals surface area contributed by atoms with Crippen LogP contribution in [0.25, 0.3) is 0 Å². The van der Waals surface area contributed by atoms with Gasteiger partial charge in [0.05, 0.1) is 5.75 Å². The van der Waals surface area contributed by atoms with Crippen LogP contribution in [0.2, 0.25) is 0 Å². The van der Waals surface area contributed by atoms with Crippen molar-refractivity contribution in [3.05, 3.63) is 24.1 Å². The summed E-state index contributed by atoms with van der Waals surface area (Å²) in [5, 5.41) is 4.93. The fourth-order valence-corrected chi connectivity index (χ4v) is 2.22. The molecule has 2 aromatic heterocycles. The highest BCUT2D eigenvalue weighted by Crippen LogP contribution is 2.39. The molecule has 0 aliphatic heterocycles. The van der Waals surface area contributed by atoms with Gasteiger partial charge in [-0.25, -0.2) is 4.98 Å². The van der Waals surface area contributed by atoms with Crippen LogP contribution in [0.3, 0.4) is 0 Å². The van der Waals surface area contributed by atoms with E-state index < -0.39 is 0 Å². The molecule has 2 heterocycles. The van der Waals surface area contributed by atoms with Crippen LogP contribution in [0.4, 0.5) is 0 Å². The minimum absolute atomic E-state index is 0.527. The molecule has 0 unspecified atom stereocenters. The summed E-state index contributed by atoms with van der Waals surface area (Å²) in [5.74, 6) is 2.80. The molecule has 1 aliphatic rings. The molecule has 1 fully saturated rings. The molecule has 0 saturated heterocycles. The lowest BCUT2D eigenvalue weighted by molar-refractivity contribution is 0.375. The summed E-state index contributed by atoms with van der Waals surface area (Å²) in [7, 11) is 1.97. The first kappa shape index (κ1) is 9.89. The van der Waals surface area contributed by atoms with E-state index in [2.05, 4.69) is 15.1 Å². The van der Waals surface area contributed by atoms with E-state index in [1.807, 2.05) is 17.8 Å². The van der Waals surface area contributed by atoms with Gasteiger partial charge in [-0.2, -0.15) is 4.98 Å². The first-order valence-corrected chi connectivity index (χ1v) is 6.24. The van der Waals surface area contributed by atoms with Crippen LogP contribution in [0.5, 0.6) is 0 Å². The van der Waals surface area contributed by atoms with Gasteiger partial charge in [0, 0.05) is 25.4 Å². The van der Waals surface area contributed by atoms with Crippen molar-refractivity contribution in [2.75, 3.05) is 0 Å². The van der Waals surface area contributed by atoms with E-state index >= 15 is 0 Å². The van der Waals surface area contributed by atoms with Gasteiger partial charge < -0.3 is 9.09 Å². The fourth-order valence-electron chi connectivity index (χ4n) is 1.44.